The van der Waals surface area contributed by atoms with Crippen LogP contribution in [0.4, 0.5) is 0 Å². The van der Waals surface area contributed by atoms with Crippen molar-refractivity contribution < 1.29 is 14.6 Å². The summed E-state index contributed by atoms with van der Waals surface area (Å²) in [4.78, 5) is 17.9. The zero-order valence-electron chi connectivity index (χ0n) is 13.3. The molecule has 23 heavy (non-hydrogen) atoms. The number of benzene rings is 1. The summed E-state index contributed by atoms with van der Waals surface area (Å²) in [5.74, 6) is 1.38. The standard InChI is InChI=1S/C18H20N2O3/c1-12-3-6-15(7-4-12)23-16-8-5-14(19-10-16)11-20-13(2)17(21)9-18(20)22/h3-8,10,13,17,21H,9,11H2,1-2H3/t13-,17-/m0/s1. The number of aromatic nitrogens is 1. The first-order valence-corrected chi connectivity index (χ1v) is 7.70. The summed E-state index contributed by atoms with van der Waals surface area (Å²) in [6.07, 6.45) is 1.25. The maximum absolute atomic E-state index is 11.8. The number of carbonyl (C=O) groups excluding carboxylic acids is 1. The van der Waals surface area contributed by atoms with Crippen molar-refractivity contribution in [2.24, 2.45) is 0 Å². The second kappa shape index (κ2) is 6.38. The molecule has 0 aliphatic carbocycles. The van der Waals surface area contributed by atoms with Crippen LogP contribution in [0.2, 0.25) is 0 Å². The summed E-state index contributed by atoms with van der Waals surface area (Å²) >= 11 is 0. The number of amides is 1. The zero-order valence-corrected chi connectivity index (χ0v) is 13.3. The van der Waals surface area contributed by atoms with Crippen LogP contribution < -0.4 is 4.74 Å². The average molecular weight is 312 g/mol. The van der Waals surface area contributed by atoms with Crippen LogP contribution in [0, 0.1) is 6.92 Å². The van der Waals surface area contributed by atoms with Gasteiger partial charge in [-0.3, -0.25) is 9.78 Å². The Balaban J connectivity index is 1.65. The first-order chi connectivity index (χ1) is 11.0. The van der Waals surface area contributed by atoms with E-state index in [2.05, 4.69) is 4.98 Å². The van der Waals surface area contributed by atoms with E-state index in [9.17, 15) is 9.90 Å². The van der Waals surface area contributed by atoms with Gasteiger partial charge in [-0.15, -0.1) is 0 Å². The number of rotatable bonds is 4. The molecule has 3 rings (SSSR count). The van der Waals surface area contributed by atoms with Gasteiger partial charge in [-0.25, -0.2) is 0 Å². The largest absolute Gasteiger partial charge is 0.456 e. The van der Waals surface area contributed by atoms with E-state index < -0.39 is 6.10 Å². The Kier molecular flexibility index (Phi) is 4.30. The minimum atomic E-state index is -0.591. The fraction of sp³-hybridized carbons (Fsp3) is 0.333. The van der Waals surface area contributed by atoms with Crippen molar-refractivity contribution >= 4 is 5.91 Å². The summed E-state index contributed by atoms with van der Waals surface area (Å²) in [6, 6.07) is 11.3. The average Bonchev–Trinajstić information content (AvgIpc) is 2.78. The molecule has 5 heteroatoms. The fourth-order valence-corrected chi connectivity index (χ4v) is 2.62. The molecule has 1 aromatic heterocycles. The number of ether oxygens (including phenoxy) is 1. The third kappa shape index (κ3) is 3.51. The van der Waals surface area contributed by atoms with Crippen molar-refractivity contribution in [1.82, 2.24) is 9.88 Å². The van der Waals surface area contributed by atoms with E-state index in [0.717, 1.165) is 11.4 Å². The van der Waals surface area contributed by atoms with Gasteiger partial charge in [0.15, 0.2) is 0 Å². The highest BCUT2D eigenvalue weighted by molar-refractivity contribution is 5.79. The molecule has 0 unspecified atom stereocenters. The van der Waals surface area contributed by atoms with E-state index in [4.69, 9.17) is 4.74 Å². The molecule has 0 spiro atoms. The zero-order chi connectivity index (χ0) is 16.4. The van der Waals surface area contributed by atoms with Crippen LogP contribution in [0.1, 0.15) is 24.6 Å². The van der Waals surface area contributed by atoms with Crippen molar-refractivity contribution in [1.29, 1.82) is 0 Å². The molecule has 5 nitrogen and oxygen atoms in total. The minimum Gasteiger partial charge on any atom is -0.456 e. The van der Waals surface area contributed by atoms with E-state index in [-0.39, 0.29) is 18.4 Å². The summed E-state index contributed by atoms with van der Waals surface area (Å²) in [7, 11) is 0. The molecular weight excluding hydrogens is 292 g/mol. The molecule has 1 fully saturated rings. The van der Waals surface area contributed by atoms with Gasteiger partial charge >= 0.3 is 0 Å². The predicted octanol–water partition coefficient (Wildman–Crippen LogP) is 2.66. The Morgan fingerprint density at radius 3 is 2.48 bits per heavy atom. The van der Waals surface area contributed by atoms with Crippen molar-refractivity contribution in [3.63, 3.8) is 0 Å². The lowest BCUT2D eigenvalue weighted by atomic mass is 10.2. The lowest BCUT2D eigenvalue weighted by molar-refractivity contribution is -0.129. The monoisotopic (exact) mass is 312 g/mol. The first-order valence-electron chi connectivity index (χ1n) is 7.70. The molecule has 1 aromatic carbocycles. The van der Waals surface area contributed by atoms with Crippen molar-refractivity contribution in [2.45, 2.75) is 39.0 Å². The number of aliphatic hydroxyl groups excluding tert-OH is 1. The summed E-state index contributed by atoms with van der Waals surface area (Å²) in [5.41, 5.74) is 1.95. The van der Waals surface area contributed by atoms with Crippen molar-refractivity contribution in [3.8, 4) is 11.5 Å². The molecule has 0 radical (unpaired) electrons. The van der Waals surface area contributed by atoms with E-state index in [1.165, 1.54) is 5.56 Å². The predicted molar refractivity (Wildman–Crippen MR) is 86.1 cm³/mol. The molecule has 120 valence electrons. The summed E-state index contributed by atoms with van der Waals surface area (Å²) < 4.78 is 5.73. The molecule has 1 aliphatic rings. The third-order valence-corrected chi connectivity index (χ3v) is 4.14. The van der Waals surface area contributed by atoms with Crippen molar-refractivity contribution in [3.05, 3.63) is 53.9 Å². The van der Waals surface area contributed by atoms with Gasteiger partial charge in [0.05, 0.1) is 37.0 Å². The molecule has 2 atom stereocenters. The van der Waals surface area contributed by atoms with Gasteiger partial charge in [-0.05, 0) is 38.1 Å². The van der Waals surface area contributed by atoms with Gasteiger partial charge in [0, 0.05) is 0 Å². The minimum absolute atomic E-state index is 0.0354. The Hall–Kier alpha value is -2.40. The fourth-order valence-electron chi connectivity index (χ4n) is 2.62. The number of hydrogen-bond acceptors (Lipinski definition) is 4. The number of carbonyl (C=O) groups is 1. The maximum atomic E-state index is 11.8. The van der Waals surface area contributed by atoms with Gasteiger partial charge in [0.25, 0.3) is 0 Å². The normalized spacial score (nSPS) is 20.8. The van der Waals surface area contributed by atoms with Crippen LogP contribution in [0.5, 0.6) is 11.5 Å². The Morgan fingerprint density at radius 2 is 1.91 bits per heavy atom. The lowest BCUT2D eigenvalue weighted by Gasteiger charge is -2.22. The molecule has 2 aromatic rings. The van der Waals surface area contributed by atoms with Crippen LogP contribution in [0.25, 0.3) is 0 Å². The molecule has 1 N–H and O–H groups in total. The Bertz CT molecular complexity index is 682. The van der Waals surface area contributed by atoms with E-state index in [0.29, 0.717) is 12.3 Å². The summed E-state index contributed by atoms with van der Waals surface area (Å²) in [6.45, 7) is 4.28. The SMILES string of the molecule is Cc1ccc(Oc2ccc(CN3C(=O)C[C@H](O)[C@@H]3C)nc2)cc1. The van der Waals surface area contributed by atoms with Gasteiger partial charge in [0.2, 0.25) is 5.91 Å². The number of likely N-dealkylation sites (tertiary alicyclic amines) is 1. The van der Waals surface area contributed by atoms with Gasteiger partial charge < -0.3 is 14.7 Å². The number of hydrogen-bond donors (Lipinski definition) is 1. The topological polar surface area (TPSA) is 62.7 Å². The molecule has 2 heterocycles. The molecule has 1 saturated heterocycles. The van der Waals surface area contributed by atoms with Crippen LogP contribution in [0.3, 0.4) is 0 Å². The van der Waals surface area contributed by atoms with E-state index >= 15 is 0 Å². The van der Waals surface area contributed by atoms with Gasteiger partial charge in [0.1, 0.15) is 11.5 Å². The van der Waals surface area contributed by atoms with E-state index in [1.54, 1.807) is 11.1 Å². The number of aryl methyl sites for hydroxylation is 1. The highest BCUT2D eigenvalue weighted by Gasteiger charge is 2.35. The van der Waals surface area contributed by atoms with Gasteiger partial charge in [-0.1, -0.05) is 17.7 Å². The van der Waals surface area contributed by atoms with Crippen LogP contribution in [-0.4, -0.2) is 33.0 Å². The Morgan fingerprint density at radius 1 is 1.22 bits per heavy atom. The van der Waals surface area contributed by atoms with Crippen LogP contribution in [-0.2, 0) is 11.3 Å². The van der Waals surface area contributed by atoms with E-state index in [1.807, 2.05) is 50.2 Å². The van der Waals surface area contributed by atoms with Crippen LogP contribution in [0.15, 0.2) is 42.6 Å². The lowest BCUT2D eigenvalue weighted by Crippen LogP contribution is -2.34. The second-order valence-electron chi connectivity index (χ2n) is 5.93. The molecule has 1 amide bonds. The smallest absolute Gasteiger partial charge is 0.225 e. The summed E-state index contributed by atoms with van der Waals surface area (Å²) in [5, 5.41) is 9.74. The second-order valence-corrected chi connectivity index (χ2v) is 5.93. The quantitative estimate of drug-likeness (QED) is 0.943. The molecule has 0 saturated carbocycles. The van der Waals surface area contributed by atoms with Crippen LogP contribution >= 0.6 is 0 Å². The highest BCUT2D eigenvalue weighted by Crippen LogP contribution is 2.23. The Labute approximate surface area is 135 Å². The molecule has 0 bridgehead atoms. The number of aliphatic hydroxyl groups is 1. The highest BCUT2D eigenvalue weighted by atomic mass is 16.5. The maximum Gasteiger partial charge on any atom is 0.225 e. The number of pyridine rings is 1. The van der Waals surface area contributed by atoms with Gasteiger partial charge in [-0.2, -0.15) is 0 Å². The first kappa shape index (κ1) is 15.5. The third-order valence-electron chi connectivity index (χ3n) is 4.14. The number of nitrogens with zero attached hydrogens (tertiary/aromatic N) is 2. The molecule has 1 aliphatic heterocycles. The van der Waals surface area contributed by atoms with Crippen molar-refractivity contribution in [2.75, 3.05) is 0 Å². The molecular formula is C18H20N2O3.